The molecule has 2 unspecified atom stereocenters. The SMILES string of the molecule is CCOC(=O)C(Cc1ccc(OCCOC2c3ccc(CC)cc3C=Cc3ccc(Cc4ccccc4)cc32)cc1)OCC. The van der Waals surface area contributed by atoms with Gasteiger partial charge in [-0.15, -0.1) is 0 Å². The highest BCUT2D eigenvalue weighted by atomic mass is 16.6. The Bertz CT molecular complexity index is 1540. The number of ether oxygens (including phenoxy) is 4. The van der Waals surface area contributed by atoms with E-state index in [1.165, 1.54) is 38.9 Å². The lowest BCUT2D eigenvalue weighted by Crippen LogP contribution is -2.28. The van der Waals surface area contributed by atoms with Gasteiger partial charge >= 0.3 is 5.97 Å². The molecule has 4 aromatic carbocycles. The zero-order valence-corrected chi connectivity index (χ0v) is 26.0. The van der Waals surface area contributed by atoms with Crippen LogP contribution in [-0.2, 0) is 38.3 Å². The Morgan fingerprint density at radius 1 is 0.705 bits per heavy atom. The lowest BCUT2D eigenvalue weighted by molar-refractivity contribution is -0.156. The van der Waals surface area contributed by atoms with E-state index < -0.39 is 6.10 Å². The molecule has 0 bridgehead atoms. The zero-order chi connectivity index (χ0) is 30.7. The fraction of sp³-hybridized carbons (Fsp3) is 0.308. The molecule has 228 valence electrons. The predicted octanol–water partition coefficient (Wildman–Crippen LogP) is 8.02. The molecule has 5 rings (SSSR count). The third-order valence-electron chi connectivity index (χ3n) is 7.87. The minimum Gasteiger partial charge on any atom is -0.491 e. The lowest BCUT2D eigenvalue weighted by atomic mass is 9.92. The minimum absolute atomic E-state index is 0.207. The maximum atomic E-state index is 12.2. The highest BCUT2D eigenvalue weighted by Gasteiger charge is 2.24. The Morgan fingerprint density at radius 2 is 1.45 bits per heavy atom. The third-order valence-corrected chi connectivity index (χ3v) is 7.87. The van der Waals surface area contributed by atoms with E-state index in [4.69, 9.17) is 18.9 Å². The van der Waals surface area contributed by atoms with Crippen LogP contribution in [0.1, 0.15) is 71.4 Å². The van der Waals surface area contributed by atoms with Gasteiger partial charge in [-0.3, -0.25) is 0 Å². The average Bonchev–Trinajstić information content (AvgIpc) is 3.20. The summed E-state index contributed by atoms with van der Waals surface area (Å²) in [6.45, 7) is 7.48. The van der Waals surface area contributed by atoms with Crippen molar-refractivity contribution in [3.05, 3.63) is 136 Å². The largest absolute Gasteiger partial charge is 0.491 e. The highest BCUT2D eigenvalue weighted by molar-refractivity contribution is 5.77. The van der Waals surface area contributed by atoms with Gasteiger partial charge in [-0.1, -0.05) is 97.9 Å². The molecule has 2 atom stereocenters. The van der Waals surface area contributed by atoms with Gasteiger partial charge in [-0.25, -0.2) is 4.79 Å². The van der Waals surface area contributed by atoms with Crippen LogP contribution in [0.2, 0.25) is 0 Å². The molecule has 0 spiro atoms. The van der Waals surface area contributed by atoms with E-state index in [1.54, 1.807) is 6.92 Å². The van der Waals surface area contributed by atoms with E-state index in [2.05, 4.69) is 85.8 Å². The van der Waals surface area contributed by atoms with Crippen LogP contribution >= 0.6 is 0 Å². The molecule has 1 aliphatic carbocycles. The van der Waals surface area contributed by atoms with Crippen molar-refractivity contribution in [3.63, 3.8) is 0 Å². The number of esters is 1. The van der Waals surface area contributed by atoms with Crippen LogP contribution in [0.15, 0.2) is 91.0 Å². The molecule has 1 aliphatic rings. The van der Waals surface area contributed by atoms with Gasteiger partial charge in [0.25, 0.3) is 0 Å². The first-order valence-corrected chi connectivity index (χ1v) is 15.7. The molecule has 0 saturated carbocycles. The Hall–Kier alpha value is -4.19. The van der Waals surface area contributed by atoms with Crippen LogP contribution in [0.25, 0.3) is 12.2 Å². The Balaban J connectivity index is 1.27. The van der Waals surface area contributed by atoms with Crippen LogP contribution < -0.4 is 4.74 Å². The molecule has 4 aromatic rings. The first-order valence-electron chi connectivity index (χ1n) is 15.7. The maximum absolute atomic E-state index is 12.2. The molecule has 0 N–H and O–H groups in total. The van der Waals surface area contributed by atoms with Crippen LogP contribution in [0.5, 0.6) is 5.75 Å². The molecule has 0 heterocycles. The van der Waals surface area contributed by atoms with E-state index in [9.17, 15) is 4.79 Å². The molecule has 5 heteroatoms. The molecule has 0 aliphatic heterocycles. The number of hydrogen-bond donors (Lipinski definition) is 0. The van der Waals surface area contributed by atoms with Gasteiger partial charge < -0.3 is 18.9 Å². The first-order chi connectivity index (χ1) is 21.6. The normalized spacial score (nSPS) is 14.3. The van der Waals surface area contributed by atoms with E-state index >= 15 is 0 Å². The second-order valence-electron chi connectivity index (χ2n) is 10.9. The fourth-order valence-corrected chi connectivity index (χ4v) is 5.61. The number of carbonyl (C=O) groups excluding carboxylic acids is 1. The van der Waals surface area contributed by atoms with E-state index in [1.807, 2.05) is 31.2 Å². The summed E-state index contributed by atoms with van der Waals surface area (Å²) in [7, 11) is 0. The van der Waals surface area contributed by atoms with Crippen molar-refractivity contribution in [3.8, 4) is 5.75 Å². The van der Waals surface area contributed by atoms with Crippen molar-refractivity contribution in [2.45, 2.75) is 52.2 Å². The zero-order valence-electron chi connectivity index (χ0n) is 26.0. The molecule has 0 saturated heterocycles. The number of aryl methyl sites for hydroxylation is 1. The molecule has 0 amide bonds. The summed E-state index contributed by atoms with van der Waals surface area (Å²) in [6, 6.07) is 31.8. The van der Waals surface area contributed by atoms with Crippen LogP contribution in [0.3, 0.4) is 0 Å². The van der Waals surface area contributed by atoms with E-state index in [0.29, 0.717) is 32.8 Å². The number of benzene rings is 4. The van der Waals surface area contributed by atoms with Crippen LogP contribution in [-0.4, -0.2) is 38.5 Å². The highest BCUT2D eigenvalue weighted by Crippen LogP contribution is 2.37. The molecule has 0 fully saturated rings. The first kappa shape index (κ1) is 31.2. The molecular formula is C39H42O5. The van der Waals surface area contributed by atoms with Gasteiger partial charge in [-0.05, 0) is 83.3 Å². The third kappa shape index (κ3) is 8.04. The van der Waals surface area contributed by atoms with Gasteiger partial charge in [0.2, 0.25) is 0 Å². The maximum Gasteiger partial charge on any atom is 0.335 e. The number of hydrogen-bond acceptors (Lipinski definition) is 5. The van der Waals surface area contributed by atoms with Crippen molar-refractivity contribution in [1.82, 2.24) is 0 Å². The van der Waals surface area contributed by atoms with Gasteiger partial charge in [0.1, 0.15) is 18.5 Å². The quantitative estimate of drug-likeness (QED) is 0.110. The van der Waals surface area contributed by atoms with Crippen molar-refractivity contribution in [1.29, 1.82) is 0 Å². The molecular weight excluding hydrogens is 548 g/mol. The van der Waals surface area contributed by atoms with Crippen LogP contribution in [0, 0.1) is 0 Å². The molecule has 0 aromatic heterocycles. The summed E-state index contributed by atoms with van der Waals surface area (Å²) in [5.41, 5.74) is 9.55. The van der Waals surface area contributed by atoms with Gasteiger partial charge in [0.05, 0.1) is 13.2 Å². The fourth-order valence-electron chi connectivity index (χ4n) is 5.61. The van der Waals surface area contributed by atoms with Crippen molar-refractivity contribution < 1.29 is 23.7 Å². The monoisotopic (exact) mass is 590 g/mol. The Morgan fingerprint density at radius 3 is 2.20 bits per heavy atom. The summed E-state index contributed by atoms with van der Waals surface area (Å²) in [5.74, 6) is 0.421. The van der Waals surface area contributed by atoms with Gasteiger partial charge in [0, 0.05) is 13.0 Å². The topological polar surface area (TPSA) is 54.0 Å². The minimum atomic E-state index is -0.610. The molecule has 5 nitrogen and oxygen atoms in total. The summed E-state index contributed by atoms with van der Waals surface area (Å²) in [4.78, 5) is 12.2. The number of carbonyl (C=O) groups is 1. The summed E-state index contributed by atoms with van der Waals surface area (Å²) >= 11 is 0. The van der Waals surface area contributed by atoms with Crippen molar-refractivity contribution in [2.75, 3.05) is 26.4 Å². The average molecular weight is 591 g/mol. The predicted molar refractivity (Wildman–Crippen MR) is 176 cm³/mol. The second-order valence-corrected chi connectivity index (χ2v) is 10.9. The van der Waals surface area contributed by atoms with E-state index in [-0.39, 0.29) is 12.1 Å². The van der Waals surface area contributed by atoms with Crippen molar-refractivity contribution >= 4 is 18.1 Å². The Kier molecular flexibility index (Phi) is 11.0. The standard InChI is InChI=1S/C39H42O5/c1-4-28-15-21-35-33(25-28)18-17-32-16-12-31(24-29-10-8-7-9-11-29)26-36(32)38(35)44-23-22-43-34-19-13-30(14-20-34)27-37(41-5-2)39(40)42-6-3/h7-21,25-26,37-38H,4-6,22-24,27H2,1-3H3. The van der Waals surface area contributed by atoms with Crippen molar-refractivity contribution in [2.24, 2.45) is 0 Å². The second kappa shape index (κ2) is 15.5. The summed E-state index contributed by atoms with van der Waals surface area (Å²) < 4.78 is 23.5. The summed E-state index contributed by atoms with van der Waals surface area (Å²) in [5, 5.41) is 0. The number of fused-ring (bicyclic) bond motifs is 2. The summed E-state index contributed by atoms with van der Waals surface area (Å²) in [6.07, 6.45) is 5.92. The van der Waals surface area contributed by atoms with Gasteiger partial charge in [0.15, 0.2) is 6.10 Å². The smallest absolute Gasteiger partial charge is 0.335 e. The Labute approximate surface area is 261 Å². The van der Waals surface area contributed by atoms with Gasteiger partial charge in [-0.2, -0.15) is 0 Å². The van der Waals surface area contributed by atoms with E-state index in [0.717, 1.165) is 24.2 Å². The van der Waals surface area contributed by atoms with Crippen LogP contribution in [0.4, 0.5) is 0 Å². The molecule has 44 heavy (non-hydrogen) atoms. The molecule has 0 radical (unpaired) electrons. The lowest BCUT2D eigenvalue weighted by Gasteiger charge is -2.22. The number of rotatable bonds is 14.